The van der Waals surface area contributed by atoms with Gasteiger partial charge in [0.05, 0.1) is 5.54 Å². The summed E-state index contributed by atoms with van der Waals surface area (Å²) in [5.74, 6) is -0.0636. The zero-order chi connectivity index (χ0) is 14.7. The molecule has 0 aliphatic heterocycles. The first kappa shape index (κ1) is 13.9. The van der Waals surface area contributed by atoms with E-state index < -0.39 is 0 Å². The van der Waals surface area contributed by atoms with Crippen molar-refractivity contribution in [3.05, 3.63) is 76.8 Å². The van der Waals surface area contributed by atoms with E-state index in [0.717, 1.165) is 18.4 Å². The Morgan fingerprint density at radius 3 is 2.33 bits per heavy atom. The van der Waals surface area contributed by atoms with E-state index >= 15 is 0 Å². The molecule has 2 aromatic carbocycles. The van der Waals surface area contributed by atoms with Gasteiger partial charge < -0.3 is 5.32 Å². The molecule has 2 nitrogen and oxygen atoms in total. The van der Waals surface area contributed by atoms with E-state index in [1.54, 1.807) is 12.2 Å². The van der Waals surface area contributed by atoms with Crippen molar-refractivity contribution in [3.63, 3.8) is 0 Å². The smallest absolute Gasteiger partial charge is 0.244 e. The van der Waals surface area contributed by atoms with Gasteiger partial charge in [-0.1, -0.05) is 54.1 Å². The first-order valence-electron chi connectivity index (χ1n) is 6.99. The number of hydrogen-bond acceptors (Lipinski definition) is 1. The van der Waals surface area contributed by atoms with Crippen LogP contribution in [0.5, 0.6) is 0 Å². The van der Waals surface area contributed by atoms with Gasteiger partial charge in [0, 0.05) is 11.1 Å². The highest BCUT2D eigenvalue weighted by molar-refractivity contribution is 6.30. The van der Waals surface area contributed by atoms with Crippen LogP contribution in [0.15, 0.2) is 60.7 Å². The fourth-order valence-corrected chi connectivity index (χ4v) is 2.52. The molecule has 1 aliphatic rings. The number of carbonyl (C=O) groups is 1. The average molecular weight is 298 g/mol. The SMILES string of the molecule is O=C(/C=C/c1ccc(Cl)cc1)NC1(c2ccccc2)CC1. The number of hydrogen-bond donors (Lipinski definition) is 1. The summed E-state index contributed by atoms with van der Waals surface area (Å²) in [6, 6.07) is 17.5. The Hall–Kier alpha value is -2.06. The van der Waals surface area contributed by atoms with Crippen LogP contribution in [-0.2, 0) is 10.3 Å². The zero-order valence-corrected chi connectivity index (χ0v) is 12.3. The maximum absolute atomic E-state index is 12.1. The van der Waals surface area contributed by atoms with Crippen molar-refractivity contribution in [1.82, 2.24) is 5.32 Å². The van der Waals surface area contributed by atoms with Crippen LogP contribution in [-0.4, -0.2) is 5.91 Å². The number of amides is 1. The summed E-state index contributed by atoms with van der Waals surface area (Å²) in [6.07, 6.45) is 5.37. The predicted octanol–water partition coefficient (Wildman–Crippen LogP) is 4.16. The molecule has 1 saturated carbocycles. The fraction of sp³-hybridized carbons (Fsp3) is 0.167. The highest BCUT2D eigenvalue weighted by Gasteiger charge is 2.45. The van der Waals surface area contributed by atoms with Crippen LogP contribution in [0.2, 0.25) is 5.02 Å². The second kappa shape index (κ2) is 5.74. The molecule has 0 bridgehead atoms. The monoisotopic (exact) mass is 297 g/mol. The van der Waals surface area contributed by atoms with E-state index in [1.807, 2.05) is 42.5 Å². The van der Waals surface area contributed by atoms with E-state index in [4.69, 9.17) is 11.6 Å². The number of nitrogens with one attached hydrogen (secondary N) is 1. The molecule has 0 heterocycles. The van der Waals surface area contributed by atoms with Gasteiger partial charge >= 0.3 is 0 Å². The van der Waals surface area contributed by atoms with Gasteiger partial charge in [0.15, 0.2) is 0 Å². The quantitative estimate of drug-likeness (QED) is 0.844. The number of rotatable bonds is 4. The van der Waals surface area contributed by atoms with Gasteiger partial charge in [-0.2, -0.15) is 0 Å². The Bertz CT molecular complexity index is 657. The van der Waals surface area contributed by atoms with Gasteiger partial charge in [-0.05, 0) is 42.2 Å². The zero-order valence-electron chi connectivity index (χ0n) is 11.6. The first-order chi connectivity index (χ1) is 10.2. The van der Waals surface area contributed by atoms with E-state index in [1.165, 1.54) is 5.56 Å². The third-order valence-electron chi connectivity index (χ3n) is 3.74. The van der Waals surface area contributed by atoms with E-state index in [9.17, 15) is 4.79 Å². The molecule has 21 heavy (non-hydrogen) atoms. The molecule has 3 heteroatoms. The third-order valence-corrected chi connectivity index (χ3v) is 3.99. The summed E-state index contributed by atoms with van der Waals surface area (Å²) in [7, 11) is 0. The molecule has 106 valence electrons. The first-order valence-corrected chi connectivity index (χ1v) is 7.37. The molecule has 1 amide bonds. The largest absolute Gasteiger partial charge is 0.343 e. The maximum atomic E-state index is 12.1. The van der Waals surface area contributed by atoms with Gasteiger partial charge in [-0.25, -0.2) is 0 Å². The molecule has 0 aromatic heterocycles. The Morgan fingerprint density at radius 2 is 1.71 bits per heavy atom. The summed E-state index contributed by atoms with van der Waals surface area (Å²) in [4.78, 5) is 12.1. The van der Waals surface area contributed by atoms with Crippen LogP contribution in [0.4, 0.5) is 0 Å². The van der Waals surface area contributed by atoms with Gasteiger partial charge in [0.1, 0.15) is 0 Å². The normalized spacial score (nSPS) is 15.9. The van der Waals surface area contributed by atoms with Crippen molar-refractivity contribution in [2.75, 3.05) is 0 Å². The van der Waals surface area contributed by atoms with E-state index in [-0.39, 0.29) is 11.4 Å². The van der Waals surface area contributed by atoms with Crippen molar-refractivity contribution in [1.29, 1.82) is 0 Å². The van der Waals surface area contributed by atoms with Crippen LogP contribution in [0.3, 0.4) is 0 Å². The van der Waals surface area contributed by atoms with Crippen molar-refractivity contribution in [2.45, 2.75) is 18.4 Å². The molecule has 3 rings (SSSR count). The number of carbonyl (C=O) groups excluding carboxylic acids is 1. The lowest BCUT2D eigenvalue weighted by Crippen LogP contribution is -2.33. The molecule has 0 spiro atoms. The summed E-state index contributed by atoms with van der Waals surface area (Å²) in [5.41, 5.74) is 1.97. The van der Waals surface area contributed by atoms with Gasteiger partial charge in [-0.15, -0.1) is 0 Å². The minimum Gasteiger partial charge on any atom is -0.343 e. The Kier molecular flexibility index (Phi) is 3.80. The maximum Gasteiger partial charge on any atom is 0.244 e. The number of benzene rings is 2. The molecule has 0 unspecified atom stereocenters. The minimum absolute atomic E-state index is 0.0636. The highest BCUT2D eigenvalue weighted by Crippen LogP contribution is 2.45. The number of halogens is 1. The average Bonchev–Trinajstić information content (AvgIpc) is 3.28. The lowest BCUT2D eigenvalue weighted by atomic mass is 10.1. The lowest BCUT2D eigenvalue weighted by Gasteiger charge is -2.16. The van der Waals surface area contributed by atoms with Crippen LogP contribution in [0.1, 0.15) is 24.0 Å². The highest BCUT2D eigenvalue weighted by atomic mass is 35.5. The Morgan fingerprint density at radius 1 is 1.05 bits per heavy atom. The van der Waals surface area contributed by atoms with Crippen molar-refractivity contribution >= 4 is 23.6 Å². The lowest BCUT2D eigenvalue weighted by molar-refractivity contribution is -0.117. The minimum atomic E-state index is -0.164. The summed E-state index contributed by atoms with van der Waals surface area (Å²) in [6.45, 7) is 0. The molecule has 1 aliphatic carbocycles. The summed E-state index contributed by atoms with van der Waals surface area (Å²) >= 11 is 5.83. The fourth-order valence-electron chi connectivity index (χ4n) is 2.39. The summed E-state index contributed by atoms with van der Waals surface area (Å²) < 4.78 is 0. The van der Waals surface area contributed by atoms with Crippen LogP contribution in [0.25, 0.3) is 6.08 Å². The molecule has 2 aromatic rings. The topological polar surface area (TPSA) is 29.1 Å². The van der Waals surface area contributed by atoms with Crippen molar-refractivity contribution < 1.29 is 4.79 Å². The second-order valence-electron chi connectivity index (χ2n) is 5.32. The van der Waals surface area contributed by atoms with Crippen molar-refractivity contribution in [3.8, 4) is 0 Å². The van der Waals surface area contributed by atoms with Crippen LogP contribution < -0.4 is 5.32 Å². The third kappa shape index (κ3) is 3.34. The predicted molar refractivity (Wildman–Crippen MR) is 86.0 cm³/mol. The van der Waals surface area contributed by atoms with Gasteiger partial charge in [-0.3, -0.25) is 4.79 Å². The van der Waals surface area contributed by atoms with Gasteiger partial charge in [0.2, 0.25) is 5.91 Å². The standard InChI is InChI=1S/C18H16ClNO/c19-16-9-6-14(7-10-16)8-11-17(21)20-18(12-13-18)15-4-2-1-3-5-15/h1-11H,12-13H2,(H,20,21)/b11-8+. The van der Waals surface area contributed by atoms with Crippen molar-refractivity contribution in [2.24, 2.45) is 0 Å². The molecule has 0 radical (unpaired) electrons. The molecule has 1 fully saturated rings. The van der Waals surface area contributed by atoms with E-state index in [0.29, 0.717) is 5.02 Å². The Labute approximate surface area is 129 Å². The Balaban J connectivity index is 1.66. The summed E-state index contributed by atoms with van der Waals surface area (Å²) in [5, 5.41) is 3.81. The molecular weight excluding hydrogens is 282 g/mol. The molecular formula is C18H16ClNO. The van der Waals surface area contributed by atoms with E-state index in [2.05, 4.69) is 17.4 Å². The molecule has 1 N–H and O–H groups in total. The van der Waals surface area contributed by atoms with Crippen LogP contribution >= 0.6 is 11.6 Å². The van der Waals surface area contributed by atoms with Crippen LogP contribution in [0, 0.1) is 0 Å². The molecule has 0 atom stereocenters. The second-order valence-corrected chi connectivity index (χ2v) is 5.76. The molecule has 0 saturated heterocycles. The van der Waals surface area contributed by atoms with Gasteiger partial charge in [0.25, 0.3) is 0 Å².